The largest absolute Gasteiger partial charge is 0.348 e. The van der Waals surface area contributed by atoms with E-state index in [4.69, 9.17) is 0 Å². The topological polar surface area (TPSA) is 64.0 Å². The number of aryl methyl sites for hydroxylation is 1. The second-order valence-electron chi connectivity index (χ2n) is 6.30. The fourth-order valence-corrected chi connectivity index (χ4v) is 4.32. The molecule has 0 aliphatic heterocycles. The summed E-state index contributed by atoms with van der Waals surface area (Å²) in [4.78, 5) is 30.1. The molecular weight excluding hydrogens is 390 g/mol. The Morgan fingerprint density at radius 1 is 1.18 bits per heavy atom. The number of rotatable bonds is 5. The van der Waals surface area contributed by atoms with Crippen LogP contribution in [-0.2, 0) is 13.6 Å². The lowest BCUT2D eigenvalue weighted by Gasteiger charge is -2.11. The van der Waals surface area contributed by atoms with Crippen LogP contribution in [0.2, 0.25) is 0 Å². The summed E-state index contributed by atoms with van der Waals surface area (Å²) in [5.41, 5.74) is 4.04. The van der Waals surface area contributed by atoms with Gasteiger partial charge in [0.05, 0.1) is 5.56 Å². The van der Waals surface area contributed by atoms with Gasteiger partial charge in [-0.2, -0.15) is 11.3 Å². The Morgan fingerprint density at radius 2 is 2.07 bits per heavy atom. The first-order valence-corrected chi connectivity index (χ1v) is 10.4. The van der Waals surface area contributed by atoms with Crippen molar-refractivity contribution in [2.75, 3.05) is 0 Å². The van der Waals surface area contributed by atoms with E-state index >= 15 is 0 Å². The third kappa shape index (κ3) is 3.81. The second kappa shape index (κ2) is 7.92. The van der Waals surface area contributed by atoms with Crippen molar-refractivity contribution in [2.24, 2.45) is 7.05 Å². The van der Waals surface area contributed by atoms with Gasteiger partial charge in [0, 0.05) is 54.3 Å². The summed E-state index contributed by atoms with van der Waals surface area (Å²) in [6, 6.07) is 9.39. The molecule has 0 bridgehead atoms. The molecule has 140 valence electrons. The van der Waals surface area contributed by atoms with Gasteiger partial charge in [-0.3, -0.25) is 14.6 Å². The Labute approximate surface area is 170 Å². The summed E-state index contributed by atoms with van der Waals surface area (Å²) in [5.74, 6) is -0.222. The Hall–Kier alpha value is -3.03. The number of nitrogens with one attached hydrogen (secondary N) is 1. The van der Waals surface area contributed by atoms with Gasteiger partial charge >= 0.3 is 0 Å². The summed E-state index contributed by atoms with van der Waals surface area (Å²) in [5, 5.41) is 8.97. The smallest absolute Gasteiger partial charge is 0.253 e. The fraction of sp³-hybridized carbons (Fsp3) is 0.0952. The minimum atomic E-state index is -0.222. The molecule has 0 unspecified atom stereocenters. The van der Waals surface area contributed by atoms with E-state index in [2.05, 4.69) is 15.7 Å². The SMILES string of the molecule is Cn1cc(C(=O)NCc2cncc(-c3ccsc3)c2)c(-c2cccs2)cc1=O. The van der Waals surface area contributed by atoms with Crippen LogP contribution in [0.15, 0.2) is 69.9 Å². The molecular formula is C21H17N3O2S2. The number of thiophene rings is 2. The molecule has 5 nitrogen and oxygen atoms in total. The van der Waals surface area contributed by atoms with E-state index in [9.17, 15) is 9.59 Å². The second-order valence-corrected chi connectivity index (χ2v) is 8.03. The van der Waals surface area contributed by atoms with E-state index in [0.717, 1.165) is 21.6 Å². The summed E-state index contributed by atoms with van der Waals surface area (Å²) < 4.78 is 1.42. The highest BCUT2D eigenvalue weighted by Crippen LogP contribution is 2.27. The zero-order chi connectivity index (χ0) is 19.5. The summed E-state index contributed by atoms with van der Waals surface area (Å²) >= 11 is 3.13. The van der Waals surface area contributed by atoms with Crippen LogP contribution in [0.25, 0.3) is 21.6 Å². The van der Waals surface area contributed by atoms with Gasteiger partial charge in [-0.15, -0.1) is 11.3 Å². The lowest BCUT2D eigenvalue weighted by atomic mass is 10.1. The molecule has 0 aromatic carbocycles. The lowest BCUT2D eigenvalue weighted by molar-refractivity contribution is 0.0951. The number of pyridine rings is 2. The zero-order valence-corrected chi connectivity index (χ0v) is 16.7. The summed E-state index contributed by atoms with van der Waals surface area (Å²) in [7, 11) is 1.64. The first kappa shape index (κ1) is 18.3. The van der Waals surface area contributed by atoms with Crippen molar-refractivity contribution < 1.29 is 4.79 Å². The van der Waals surface area contributed by atoms with Gasteiger partial charge in [-0.25, -0.2) is 0 Å². The van der Waals surface area contributed by atoms with E-state index in [1.165, 1.54) is 22.0 Å². The lowest BCUT2D eigenvalue weighted by Crippen LogP contribution is -2.26. The Morgan fingerprint density at radius 3 is 2.82 bits per heavy atom. The maximum Gasteiger partial charge on any atom is 0.253 e. The molecule has 0 spiro atoms. The van der Waals surface area contributed by atoms with Crippen LogP contribution < -0.4 is 10.9 Å². The number of carbonyl (C=O) groups excluding carboxylic acids is 1. The van der Waals surface area contributed by atoms with Crippen molar-refractivity contribution in [3.63, 3.8) is 0 Å². The minimum absolute atomic E-state index is 0.146. The molecule has 0 saturated carbocycles. The standard InChI is InChI=1S/C21H17N3O2S2/c1-24-12-18(17(8-20(24)25)19-3-2-5-28-19)21(26)23-10-14-7-16(11-22-9-14)15-4-6-27-13-15/h2-9,11-13H,10H2,1H3,(H,23,26). The number of amides is 1. The fourth-order valence-electron chi connectivity index (χ4n) is 2.89. The molecule has 28 heavy (non-hydrogen) atoms. The van der Waals surface area contributed by atoms with Crippen molar-refractivity contribution in [3.8, 4) is 21.6 Å². The highest BCUT2D eigenvalue weighted by atomic mass is 32.1. The van der Waals surface area contributed by atoms with E-state index in [1.807, 2.05) is 41.2 Å². The monoisotopic (exact) mass is 407 g/mol. The molecule has 1 amide bonds. The van der Waals surface area contributed by atoms with Crippen molar-refractivity contribution in [1.29, 1.82) is 0 Å². The Balaban J connectivity index is 1.57. The molecule has 4 aromatic rings. The van der Waals surface area contributed by atoms with E-state index in [-0.39, 0.29) is 11.5 Å². The Bertz CT molecular complexity index is 1160. The third-order valence-corrected chi connectivity index (χ3v) is 5.95. The van der Waals surface area contributed by atoms with Gasteiger partial charge in [0.2, 0.25) is 0 Å². The number of hydrogen-bond donors (Lipinski definition) is 1. The number of nitrogens with zero attached hydrogens (tertiary/aromatic N) is 2. The first-order chi connectivity index (χ1) is 13.6. The summed E-state index contributed by atoms with van der Waals surface area (Å²) in [6.07, 6.45) is 5.15. The van der Waals surface area contributed by atoms with Gasteiger partial charge in [0.15, 0.2) is 0 Å². The first-order valence-electron chi connectivity index (χ1n) is 8.61. The molecule has 0 atom stereocenters. The number of aromatic nitrogens is 2. The van der Waals surface area contributed by atoms with Crippen molar-refractivity contribution >= 4 is 28.6 Å². The van der Waals surface area contributed by atoms with Gasteiger partial charge < -0.3 is 9.88 Å². The predicted molar refractivity (Wildman–Crippen MR) is 114 cm³/mol. The molecule has 7 heteroatoms. The molecule has 0 saturated heterocycles. The quantitative estimate of drug-likeness (QED) is 0.540. The van der Waals surface area contributed by atoms with Gasteiger partial charge in [0.1, 0.15) is 0 Å². The zero-order valence-electron chi connectivity index (χ0n) is 15.1. The van der Waals surface area contributed by atoms with Crippen LogP contribution in [0.5, 0.6) is 0 Å². The van der Waals surface area contributed by atoms with Gasteiger partial charge in [-0.05, 0) is 45.5 Å². The normalized spacial score (nSPS) is 10.8. The highest BCUT2D eigenvalue weighted by molar-refractivity contribution is 7.13. The number of hydrogen-bond acceptors (Lipinski definition) is 5. The number of carbonyl (C=O) groups is 1. The van der Waals surface area contributed by atoms with E-state index < -0.39 is 0 Å². The molecule has 0 aliphatic rings. The van der Waals surface area contributed by atoms with E-state index in [0.29, 0.717) is 17.7 Å². The molecule has 0 radical (unpaired) electrons. The van der Waals surface area contributed by atoms with Crippen molar-refractivity contribution in [2.45, 2.75) is 6.54 Å². The maximum absolute atomic E-state index is 12.9. The van der Waals surface area contributed by atoms with Crippen LogP contribution >= 0.6 is 22.7 Å². The van der Waals surface area contributed by atoms with Gasteiger partial charge in [0.25, 0.3) is 11.5 Å². The van der Waals surface area contributed by atoms with Crippen molar-refractivity contribution in [1.82, 2.24) is 14.9 Å². The maximum atomic E-state index is 12.9. The molecule has 1 N–H and O–H groups in total. The predicted octanol–water partition coefficient (Wildman–Crippen LogP) is 4.17. The van der Waals surface area contributed by atoms with Crippen LogP contribution in [0.4, 0.5) is 0 Å². The van der Waals surface area contributed by atoms with Crippen LogP contribution in [0.1, 0.15) is 15.9 Å². The highest BCUT2D eigenvalue weighted by Gasteiger charge is 2.16. The van der Waals surface area contributed by atoms with Gasteiger partial charge in [-0.1, -0.05) is 6.07 Å². The third-order valence-electron chi connectivity index (χ3n) is 4.36. The van der Waals surface area contributed by atoms with Crippen LogP contribution in [0, 0.1) is 0 Å². The average Bonchev–Trinajstić information content (AvgIpc) is 3.42. The average molecular weight is 408 g/mol. The van der Waals surface area contributed by atoms with E-state index in [1.54, 1.807) is 30.8 Å². The molecule has 0 fully saturated rings. The van der Waals surface area contributed by atoms with Crippen LogP contribution in [0.3, 0.4) is 0 Å². The molecule has 0 aliphatic carbocycles. The minimum Gasteiger partial charge on any atom is -0.348 e. The van der Waals surface area contributed by atoms with Crippen LogP contribution in [-0.4, -0.2) is 15.5 Å². The molecule has 4 rings (SSSR count). The molecule has 4 aromatic heterocycles. The van der Waals surface area contributed by atoms with Crippen molar-refractivity contribution in [3.05, 3.63) is 86.5 Å². The molecule has 4 heterocycles. The summed E-state index contributed by atoms with van der Waals surface area (Å²) in [6.45, 7) is 0.358. The Kier molecular flexibility index (Phi) is 5.18.